The first-order valence-electron chi connectivity index (χ1n) is 5.77. The molecule has 0 saturated carbocycles. The van der Waals surface area contributed by atoms with E-state index in [4.69, 9.17) is 5.73 Å². The van der Waals surface area contributed by atoms with E-state index < -0.39 is 0 Å². The first-order valence-corrected chi connectivity index (χ1v) is 5.77. The molecule has 0 atom stereocenters. The molecule has 2 N–H and O–H groups in total. The Kier molecular flexibility index (Phi) is 3.28. The van der Waals surface area contributed by atoms with E-state index in [0.717, 1.165) is 12.4 Å². The highest BCUT2D eigenvalue weighted by atomic mass is 15.2. The lowest BCUT2D eigenvalue weighted by Gasteiger charge is -2.23. The zero-order chi connectivity index (χ0) is 12.3. The van der Waals surface area contributed by atoms with Crippen LogP contribution in [0.1, 0.15) is 12.5 Å². The molecule has 0 amide bonds. The second-order valence-electron chi connectivity index (χ2n) is 3.98. The van der Waals surface area contributed by atoms with Crippen LogP contribution in [0.3, 0.4) is 0 Å². The largest absolute Gasteiger partial charge is 0.397 e. The second kappa shape index (κ2) is 4.87. The monoisotopic (exact) mass is 227 g/mol. The Hall–Kier alpha value is -2.03. The predicted molar refractivity (Wildman–Crippen MR) is 72.5 cm³/mol. The van der Waals surface area contributed by atoms with Crippen LogP contribution in [0.15, 0.2) is 42.6 Å². The molecule has 88 valence electrons. The van der Waals surface area contributed by atoms with E-state index >= 15 is 0 Å². The lowest BCUT2D eigenvalue weighted by atomic mass is 10.2. The topological polar surface area (TPSA) is 42.1 Å². The Morgan fingerprint density at radius 2 is 1.94 bits per heavy atom. The molecule has 3 nitrogen and oxygen atoms in total. The van der Waals surface area contributed by atoms with Gasteiger partial charge in [0.05, 0.1) is 11.9 Å². The predicted octanol–water partition coefficient (Wildman–Crippen LogP) is 3.13. The molecule has 3 heteroatoms. The third-order valence-corrected chi connectivity index (χ3v) is 2.77. The average Bonchev–Trinajstić information content (AvgIpc) is 2.35. The van der Waals surface area contributed by atoms with Crippen molar-refractivity contribution in [2.24, 2.45) is 0 Å². The van der Waals surface area contributed by atoms with Gasteiger partial charge in [-0.05, 0) is 37.6 Å². The highest BCUT2D eigenvalue weighted by Gasteiger charge is 2.09. The molecule has 1 aromatic heterocycles. The molecule has 0 aliphatic rings. The number of benzene rings is 1. The summed E-state index contributed by atoms with van der Waals surface area (Å²) >= 11 is 0. The van der Waals surface area contributed by atoms with Crippen LogP contribution in [0.2, 0.25) is 0 Å². The van der Waals surface area contributed by atoms with E-state index in [0.29, 0.717) is 5.69 Å². The second-order valence-corrected chi connectivity index (χ2v) is 3.98. The minimum absolute atomic E-state index is 0.689. The van der Waals surface area contributed by atoms with Crippen molar-refractivity contribution in [3.8, 4) is 0 Å². The summed E-state index contributed by atoms with van der Waals surface area (Å²) in [4.78, 5) is 6.54. The van der Waals surface area contributed by atoms with Gasteiger partial charge in [0.2, 0.25) is 0 Å². The van der Waals surface area contributed by atoms with Crippen molar-refractivity contribution in [1.82, 2.24) is 4.98 Å². The number of hydrogen-bond acceptors (Lipinski definition) is 3. The number of aromatic nitrogens is 1. The smallest absolute Gasteiger partial charge is 0.133 e. The van der Waals surface area contributed by atoms with Gasteiger partial charge < -0.3 is 10.6 Å². The van der Waals surface area contributed by atoms with Gasteiger partial charge in [0, 0.05) is 12.2 Å². The molecule has 17 heavy (non-hydrogen) atoms. The molecule has 0 unspecified atom stereocenters. The van der Waals surface area contributed by atoms with Gasteiger partial charge in [-0.15, -0.1) is 0 Å². The molecule has 2 aromatic rings. The SMILES string of the molecule is CCN(c1ccc(N)cn1)c1ccccc1C. The number of aryl methyl sites for hydroxylation is 1. The Balaban J connectivity index is 2.40. The molecular weight excluding hydrogens is 210 g/mol. The quantitative estimate of drug-likeness (QED) is 0.876. The van der Waals surface area contributed by atoms with E-state index in [1.807, 2.05) is 24.3 Å². The van der Waals surface area contributed by atoms with Gasteiger partial charge in [-0.3, -0.25) is 0 Å². The average molecular weight is 227 g/mol. The number of rotatable bonds is 3. The lowest BCUT2D eigenvalue weighted by molar-refractivity contribution is 0.984. The van der Waals surface area contributed by atoms with Crippen molar-refractivity contribution in [2.75, 3.05) is 17.2 Å². The first-order chi connectivity index (χ1) is 8.22. The minimum atomic E-state index is 0.689. The van der Waals surface area contributed by atoms with Crippen molar-refractivity contribution < 1.29 is 0 Å². The molecule has 0 aliphatic heterocycles. The van der Waals surface area contributed by atoms with Crippen LogP contribution < -0.4 is 10.6 Å². The molecule has 1 heterocycles. The number of pyridine rings is 1. The van der Waals surface area contributed by atoms with Gasteiger partial charge in [0.15, 0.2) is 0 Å². The number of anilines is 3. The molecule has 0 aliphatic carbocycles. The number of nitrogens with zero attached hydrogens (tertiary/aromatic N) is 2. The summed E-state index contributed by atoms with van der Waals surface area (Å²) in [6.45, 7) is 5.10. The number of para-hydroxylation sites is 1. The molecule has 2 rings (SSSR count). The van der Waals surface area contributed by atoms with E-state index in [1.165, 1.54) is 11.3 Å². The number of nitrogen functional groups attached to an aromatic ring is 1. The highest BCUT2D eigenvalue weighted by molar-refractivity contribution is 5.64. The third-order valence-electron chi connectivity index (χ3n) is 2.77. The van der Waals surface area contributed by atoms with E-state index in [1.54, 1.807) is 6.20 Å². The van der Waals surface area contributed by atoms with Crippen molar-refractivity contribution >= 4 is 17.2 Å². The van der Waals surface area contributed by atoms with Crippen molar-refractivity contribution in [2.45, 2.75) is 13.8 Å². The highest BCUT2D eigenvalue weighted by Crippen LogP contribution is 2.26. The van der Waals surface area contributed by atoms with Gasteiger partial charge in [0.1, 0.15) is 5.82 Å². The first kappa shape index (κ1) is 11.5. The normalized spacial score (nSPS) is 10.2. The molecular formula is C14H17N3. The van der Waals surface area contributed by atoms with E-state index in [-0.39, 0.29) is 0 Å². The zero-order valence-electron chi connectivity index (χ0n) is 10.2. The summed E-state index contributed by atoms with van der Waals surface area (Å²) in [6.07, 6.45) is 1.69. The molecule has 0 spiro atoms. The van der Waals surface area contributed by atoms with Gasteiger partial charge in [0.25, 0.3) is 0 Å². The summed E-state index contributed by atoms with van der Waals surface area (Å²) in [5, 5.41) is 0. The molecule has 0 bridgehead atoms. The summed E-state index contributed by atoms with van der Waals surface area (Å²) in [7, 11) is 0. The van der Waals surface area contributed by atoms with Crippen LogP contribution in [0.25, 0.3) is 0 Å². The fourth-order valence-electron chi connectivity index (χ4n) is 1.88. The molecule has 0 fully saturated rings. The van der Waals surface area contributed by atoms with Crippen LogP contribution in [0, 0.1) is 6.92 Å². The summed E-state index contributed by atoms with van der Waals surface area (Å²) < 4.78 is 0. The Morgan fingerprint density at radius 1 is 1.18 bits per heavy atom. The van der Waals surface area contributed by atoms with Gasteiger partial charge >= 0.3 is 0 Å². The van der Waals surface area contributed by atoms with Crippen molar-refractivity contribution in [1.29, 1.82) is 0 Å². The number of hydrogen-bond donors (Lipinski definition) is 1. The van der Waals surface area contributed by atoms with E-state index in [2.05, 4.69) is 35.9 Å². The maximum Gasteiger partial charge on any atom is 0.133 e. The van der Waals surface area contributed by atoms with Crippen LogP contribution in [0.4, 0.5) is 17.2 Å². The fourth-order valence-corrected chi connectivity index (χ4v) is 1.88. The maximum atomic E-state index is 5.66. The molecule has 0 radical (unpaired) electrons. The third kappa shape index (κ3) is 2.38. The summed E-state index contributed by atoms with van der Waals surface area (Å²) in [6, 6.07) is 12.1. The van der Waals surface area contributed by atoms with Crippen LogP contribution in [0.5, 0.6) is 0 Å². The number of nitrogens with two attached hydrogens (primary N) is 1. The van der Waals surface area contributed by atoms with Crippen molar-refractivity contribution in [3.05, 3.63) is 48.2 Å². The summed E-state index contributed by atoms with van der Waals surface area (Å²) in [5.41, 5.74) is 8.78. The maximum absolute atomic E-state index is 5.66. The summed E-state index contributed by atoms with van der Waals surface area (Å²) in [5.74, 6) is 0.927. The standard InChI is InChI=1S/C14H17N3/c1-3-17(13-7-5-4-6-11(13)2)14-9-8-12(15)10-16-14/h4-10H,3,15H2,1-2H3. The Labute approximate surface area is 102 Å². The van der Waals surface area contributed by atoms with Gasteiger partial charge in [-0.2, -0.15) is 0 Å². The fraction of sp³-hybridized carbons (Fsp3) is 0.214. The van der Waals surface area contributed by atoms with Gasteiger partial charge in [-0.25, -0.2) is 4.98 Å². The Morgan fingerprint density at radius 3 is 2.53 bits per heavy atom. The molecule has 1 aromatic carbocycles. The van der Waals surface area contributed by atoms with Crippen molar-refractivity contribution in [3.63, 3.8) is 0 Å². The van der Waals surface area contributed by atoms with Crippen LogP contribution in [-0.2, 0) is 0 Å². The Bertz CT molecular complexity index is 491. The van der Waals surface area contributed by atoms with Crippen LogP contribution >= 0.6 is 0 Å². The van der Waals surface area contributed by atoms with Gasteiger partial charge in [-0.1, -0.05) is 18.2 Å². The zero-order valence-corrected chi connectivity index (χ0v) is 10.2. The minimum Gasteiger partial charge on any atom is -0.397 e. The molecule has 0 saturated heterocycles. The van der Waals surface area contributed by atoms with Crippen LogP contribution in [-0.4, -0.2) is 11.5 Å². The van der Waals surface area contributed by atoms with E-state index in [9.17, 15) is 0 Å². The lowest BCUT2D eigenvalue weighted by Crippen LogP contribution is -2.18.